The lowest BCUT2D eigenvalue weighted by Crippen LogP contribution is -2.04. The Morgan fingerprint density at radius 1 is 1.29 bits per heavy atom. The molecular formula is C9H18O4S. The van der Waals surface area contributed by atoms with Crippen LogP contribution in [0.15, 0.2) is 0 Å². The molecule has 0 rings (SSSR count). The van der Waals surface area contributed by atoms with Gasteiger partial charge >= 0.3 is 5.97 Å². The molecule has 84 valence electrons. The molecule has 0 saturated heterocycles. The van der Waals surface area contributed by atoms with Gasteiger partial charge in [-0.25, -0.2) is 0 Å². The summed E-state index contributed by atoms with van der Waals surface area (Å²) in [6.45, 7) is 1.99. The zero-order valence-corrected chi connectivity index (χ0v) is 9.35. The summed E-state index contributed by atoms with van der Waals surface area (Å²) in [5.74, 6) is 0.919. The summed E-state index contributed by atoms with van der Waals surface area (Å²) in [6, 6.07) is 0. The van der Waals surface area contributed by atoms with Crippen LogP contribution in [0, 0.1) is 0 Å². The molecule has 0 unspecified atom stereocenters. The van der Waals surface area contributed by atoms with Crippen molar-refractivity contribution in [1.82, 2.24) is 0 Å². The summed E-state index contributed by atoms with van der Waals surface area (Å²) in [5, 5.41) is 8.36. The van der Waals surface area contributed by atoms with E-state index in [9.17, 15) is 4.79 Å². The normalized spacial score (nSPS) is 10.4. The van der Waals surface area contributed by atoms with Crippen molar-refractivity contribution in [2.75, 3.05) is 38.4 Å². The molecule has 0 saturated carbocycles. The molecule has 14 heavy (non-hydrogen) atoms. The third-order valence-electron chi connectivity index (χ3n) is 1.47. The van der Waals surface area contributed by atoms with Gasteiger partial charge in [0.05, 0.1) is 19.6 Å². The lowest BCUT2D eigenvalue weighted by molar-refractivity contribution is -0.136. The van der Waals surface area contributed by atoms with Crippen LogP contribution < -0.4 is 0 Å². The fourth-order valence-electron chi connectivity index (χ4n) is 0.769. The number of hydrogen-bond acceptors (Lipinski definition) is 4. The fraction of sp³-hybridized carbons (Fsp3) is 0.889. The van der Waals surface area contributed by atoms with E-state index >= 15 is 0 Å². The van der Waals surface area contributed by atoms with Crippen LogP contribution in [0.4, 0.5) is 0 Å². The van der Waals surface area contributed by atoms with Gasteiger partial charge in [0.2, 0.25) is 0 Å². The molecule has 0 aliphatic heterocycles. The van der Waals surface area contributed by atoms with E-state index in [1.165, 1.54) is 0 Å². The predicted molar refractivity (Wildman–Crippen MR) is 56.9 cm³/mol. The van der Waals surface area contributed by atoms with Crippen molar-refractivity contribution < 1.29 is 19.4 Å². The van der Waals surface area contributed by atoms with E-state index in [-0.39, 0.29) is 6.42 Å². The molecular weight excluding hydrogens is 204 g/mol. The molecule has 0 heterocycles. The molecule has 0 aromatic heterocycles. The monoisotopic (exact) mass is 222 g/mol. The first-order chi connectivity index (χ1) is 6.77. The number of aliphatic carboxylic acids is 1. The second-order valence-corrected chi connectivity index (χ2v) is 3.94. The summed E-state index contributed by atoms with van der Waals surface area (Å²) >= 11 is 1.65. The SMILES string of the molecule is COCCOCCCSCCC(=O)O. The summed E-state index contributed by atoms with van der Waals surface area (Å²) in [6.07, 6.45) is 1.21. The Hall–Kier alpha value is -0.260. The number of hydrogen-bond donors (Lipinski definition) is 1. The number of carboxylic acid groups (broad SMARTS) is 1. The average Bonchev–Trinajstić information content (AvgIpc) is 2.15. The lowest BCUT2D eigenvalue weighted by atomic mass is 10.5. The third kappa shape index (κ3) is 11.7. The summed E-state index contributed by atoms with van der Waals surface area (Å²) in [4.78, 5) is 10.2. The van der Waals surface area contributed by atoms with E-state index < -0.39 is 5.97 Å². The highest BCUT2D eigenvalue weighted by Gasteiger charge is 1.96. The Balaban J connectivity index is 2.88. The van der Waals surface area contributed by atoms with Crippen LogP contribution in [0.5, 0.6) is 0 Å². The van der Waals surface area contributed by atoms with Gasteiger partial charge in [0.1, 0.15) is 0 Å². The van der Waals surface area contributed by atoms with Crippen LogP contribution in [-0.4, -0.2) is 49.5 Å². The first kappa shape index (κ1) is 13.7. The number of thioether (sulfide) groups is 1. The van der Waals surface area contributed by atoms with Crippen LogP contribution in [0.25, 0.3) is 0 Å². The molecule has 0 radical (unpaired) electrons. The van der Waals surface area contributed by atoms with E-state index in [1.807, 2.05) is 0 Å². The maximum atomic E-state index is 10.2. The van der Waals surface area contributed by atoms with Crippen LogP contribution in [-0.2, 0) is 14.3 Å². The Bertz CT molecular complexity index is 141. The van der Waals surface area contributed by atoms with E-state index in [2.05, 4.69) is 0 Å². The average molecular weight is 222 g/mol. The molecule has 0 amide bonds. The zero-order valence-electron chi connectivity index (χ0n) is 8.53. The highest BCUT2D eigenvalue weighted by atomic mass is 32.2. The van der Waals surface area contributed by atoms with Crippen molar-refractivity contribution >= 4 is 17.7 Å². The van der Waals surface area contributed by atoms with Gasteiger partial charge in [0.25, 0.3) is 0 Å². The molecule has 0 fully saturated rings. The number of carbonyl (C=O) groups is 1. The molecule has 0 aromatic rings. The van der Waals surface area contributed by atoms with Crippen molar-refractivity contribution in [3.63, 3.8) is 0 Å². The lowest BCUT2D eigenvalue weighted by Gasteiger charge is -2.02. The van der Waals surface area contributed by atoms with Gasteiger partial charge in [0, 0.05) is 19.5 Å². The molecule has 0 aliphatic carbocycles. The quantitative estimate of drug-likeness (QED) is 0.564. The summed E-state index contributed by atoms with van der Waals surface area (Å²) in [5.41, 5.74) is 0. The Kier molecular flexibility index (Phi) is 10.6. The molecule has 5 heteroatoms. The molecule has 0 aliphatic rings. The Morgan fingerprint density at radius 2 is 2.07 bits per heavy atom. The van der Waals surface area contributed by atoms with E-state index in [0.29, 0.717) is 19.0 Å². The summed E-state index contributed by atoms with van der Waals surface area (Å²) in [7, 11) is 1.64. The van der Waals surface area contributed by atoms with Crippen LogP contribution in [0.2, 0.25) is 0 Å². The van der Waals surface area contributed by atoms with Crippen LogP contribution in [0.3, 0.4) is 0 Å². The minimum atomic E-state index is -0.728. The number of rotatable bonds is 10. The Labute approximate surface area is 89.0 Å². The van der Waals surface area contributed by atoms with E-state index in [1.54, 1.807) is 18.9 Å². The summed E-state index contributed by atoms with van der Waals surface area (Å²) < 4.78 is 10.1. The second-order valence-electron chi connectivity index (χ2n) is 2.71. The van der Waals surface area contributed by atoms with Crippen LogP contribution >= 0.6 is 11.8 Å². The van der Waals surface area contributed by atoms with Gasteiger partial charge in [-0.3, -0.25) is 4.79 Å². The highest BCUT2D eigenvalue weighted by molar-refractivity contribution is 7.99. The number of ether oxygens (including phenoxy) is 2. The molecule has 0 aromatic carbocycles. The molecule has 4 nitrogen and oxygen atoms in total. The maximum absolute atomic E-state index is 10.2. The standard InChI is InChI=1S/C9H18O4S/c1-12-5-6-13-4-2-7-14-8-3-9(10)11/h2-8H2,1H3,(H,10,11). The van der Waals surface area contributed by atoms with Gasteiger partial charge in [-0.1, -0.05) is 0 Å². The zero-order chi connectivity index (χ0) is 10.6. The van der Waals surface area contributed by atoms with Crippen molar-refractivity contribution in [2.24, 2.45) is 0 Å². The number of carboxylic acids is 1. The molecule has 1 N–H and O–H groups in total. The Morgan fingerprint density at radius 3 is 2.71 bits per heavy atom. The van der Waals surface area contributed by atoms with Gasteiger partial charge in [-0.2, -0.15) is 11.8 Å². The molecule has 0 atom stereocenters. The predicted octanol–water partition coefficient (Wildman–Crippen LogP) is 1.25. The topological polar surface area (TPSA) is 55.8 Å². The largest absolute Gasteiger partial charge is 0.481 e. The van der Waals surface area contributed by atoms with Crippen molar-refractivity contribution in [1.29, 1.82) is 0 Å². The van der Waals surface area contributed by atoms with Crippen molar-refractivity contribution in [3.8, 4) is 0 Å². The minimum Gasteiger partial charge on any atom is -0.481 e. The first-order valence-electron chi connectivity index (χ1n) is 4.63. The van der Waals surface area contributed by atoms with Gasteiger partial charge in [-0.05, 0) is 12.2 Å². The minimum absolute atomic E-state index is 0.245. The third-order valence-corrected chi connectivity index (χ3v) is 2.54. The highest BCUT2D eigenvalue weighted by Crippen LogP contribution is 2.04. The van der Waals surface area contributed by atoms with Gasteiger partial charge in [0.15, 0.2) is 0 Å². The molecule has 0 bridgehead atoms. The first-order valence-corrected chi connectivity index (χ1v) is 5.79. The van der Waals surface area contributed by atoms with Crippen molar-refractivity contribution in [2.45, 2.75) is 12.8 Å². The molecule has 0 spiro atoms. The number of methoxy groups -OCH3 is 1. The maximum Gasteiger partial charge on any atom is 0.304 e. The van der Waals surface area contributed by atoms with Crippen LogP contribution in [0.1, 0.15) is 12.8 Å². The fourth-order valence-corrected chi connectivity index (χ4v) is 1.61. The smallest absolute Gasteiger partial charge is 0.304 e. The van der Waals surface area contributed by atoms with Gasteiger partial charge < -0.3 is 14.6 Å². The second kappa shape index (κ2) is 10.8. The van der Waals surface area contributed by atoms with E-state index in [0.717, 1.165) is 18.8 Å². The van der Waals surface area contributed by atoms with Gasteiger partial charge in [-0.15, -0.1) is 0 Å². The van der Waals surface area contributed by atoms with Crippen molar-refractivity contribution in [3.05, 3.63) is 0 Å². The van der Waals surface area contributed by atoms with E-state index in [4.69, 9.17) is 14.6 Å².